The van der Waals surface area contributed by atoms with E-state index in [2.05, 4.69) is 17.1 Å². The minimum Gasteiger partial charge on any atom is -0.480 e. The van der Waals surface area contributed by atoms with Crippen LogP contribution in [-0.4, -0.2) is 38.1 Å². The monoisotopic (exact) mass is 401 g/mol. The maximum Gasteiger partial charge on any atom is 0.325 e. The van der Waals surface area contributed by atoms with Crippen molar-refractivity contribution in [2.24, 2.45) is 5.10 Å². The molecule has 27 heavy (non-hydrogen) atoms. The third-order valence-corrected chi connectivity index (χ3v) is 5.91. The van der Waals surface area contributed by atoms with Gasteiger partial charge in [-0.15, -0.1) is 21.5 Å². The number of nitrogens with zero attached hydrogens (tertiary/aromatic N) is 5. The molecule has 0 spiro atoms. The van der Waals surface area contributed by atoms with E-state index < -0.39 is 5.97 Å². The first-order chi connectivity index (χ1) is 12.9. The lowest BCUT2D eigenvalue weighted by molar-refractivity contribution is -0.135. The van der Waals surface area contributed by atoms with Gasteiger partial charge in [-0.25, -0.2) is 5.01 Å². The highest BCUT2D eigenvalue weighted by atomic mass is 35.5. The molecule has 3 aromatic rings. The fourth-order valence-corrected chi connectivity index (χ4v) is 4.39. The van der Waals surface area contributed by atoms with E-state index in [0.29, 0.717) is 22.5 Å². The molecule has 9 heteroatoms. The molecule has 1 aliphatic rings. The van der Waals surface area contributed by atoms with E-state index in [0.717, 1.165) is 26.6 Å². The number of aliphatic carboxylic acids is 1. The lowest BCUT2D eigenvalue weighted by atomic mass is 10.00. The summed E-state index contributed by atoms with van der Waals surface area (Å²) in [6, 6.07) is 7.36. The predicted molar refractivity (Wildman–Crippen MR) is 106 cm³/mol. The summed E-state index contributed by atoms with van der Waals surface area (Å²) in [4.78, 5) is 12.6. The normalized spacial score (nSPS) is 13.0. The van der Waals surface area contributed by atoms with Crippen molar-refractivity contribution in [2.45, 2.75) is 20.8 Å². The van der Waals surface area contributed by atoms with Crippen LogP contribution in [0.25, 0.3) is 5.00 Å². The first-order valence-electron chi connectivity index (χ1n) is 8.23. The molecular weight excluding hydrogens is 386 g/mol. The molecule has 0 aliphatic carbocycles. The van der Waals surface area contributed by atoms with Crippen molar-refractivity contribution < 1.29 is 9.90 Å². The molecule has 3 heterocycles. The third-order valence-electron chi connectivity index (χ3n) is 4.47. The van der Waals surface area contributed by atoms with Crippen LogP contribution in [0, 0.1) is 20.8 Å². The Kier molecular flexibility index (Phi) is 4.24. The topological polar surface area (TPSA) is 83.6 Å². The van der Waals surface area contributed by atoms with Gasteiger partial charge in [0.15, 0.2) is 0 Å². The number of benzene rings is 1. The molecule has 2 aromatic heterocycles. The summed E-state index contributed by atoms with van der Waals surface area (Å²) in [5.41, 5.74) is 3.60. The molecule has 1 aliphatic heterocycles. The van der Waals surface area contributed by atoms with Crippen molar-refractivity contribution in [1.29, 1.82) is 0 Å². The number of hydrogen-bond donors (Lipinski definition) is 1. The zero-order chi connectivity index (χ0) is 19.3. The third kappa shape index (κ3) is 2.90. The van der Waals surface area contributed by atoms with Crippen molar-refractivity contribution in [3.8, 4) is 5.00 Å². The summed E-state index contributed by atoms with van der Waals surface area (Å²) in [6.45, 7) is 5.63. The second-order valence-electron chi connectivity index (χ2n) is 6.25. The minimum absolute atomic E-state index is 0.317. The highest BCUT2D eigenvalue weighted by Crippen LogP contribution is 2.38. The number of aromatic nitrogens is 3. The number of carboxylic acid groups (broad SMARTS) is 1. The Bertz CT molecular complexity index is 1080. The van der Waals surface area contributed by atoms with Crippen LogP contribution in [-0.2, 0) is 4.79 Å². The van der Waals surface area contributed by atoms with E-state index >= 15 is 0 Å². The SMILES string of the molecule is Cc1sc2c(c1C)C(c1ccc(Cl)cc1)=NN(CC(=O)O)c1nnc(C)n1-2. The van der Waals surface area contributed by atoms with Gasteiger partial charge in [-0.3, -0.25) is 9.36 Å². The van der Waals surface area contributed by atoms with Crippen molar-refractivity contribution in [1.82, 2.24) is 14.8 Å². The fourth-order valence-electron chi connectivity index (χ4n) is 3.06. The van der Waals surface area contributed by atoms with Crippen LogP contribution in [0.2, 0.25) is 5.02 Å². The number of hydrazone groups is 1. The molecular formula is C18H16ClN5O2S. The quantitative estimate of drug-likeness (QED) is 0.725. The lowest BCUT2D eigenvalue weighted by Crippen LogP contribution is -2.27. The van der Waals surface area contributed by atoms with Crippen molar-refractivity contribution in [3.05, 3.63) is 56.7 Å². The molecule has 4 rings (SSSR count). The Hall–Kier alpha value is -2.71. The standard InChI is InChI=1S/C18H16ClN5O2S/c1-9-10(2)27-17-15(9)16(12-4-6-13(19)7-5-12)22-23(8-14(25)26)18-21-20-11(3)24(17)18/h4-7H,8H2,1-3H3,(H,25,26). The number of halogens is 1. The van der Waals surface area contributed by atoms with Gasteiger partial charge in [0.05, 0.1) is 0 Å². The van der Waals surface area contributed by atoms with Crippen LogP contribution in [0.5, 0.6) is 0 Å². The number of carbonyl (C=O) groups is 1. The highest BCUT2D eigenvalue weighted by molar-refractivity contribution is 7.15. The summed E-state index contributed by atoms with van der Waals surface area (Å²) < 4.78 is 1.87. The number of hydrogen-bond acceptors (Lipinski definition) is 6. The first-order valence-corrected chi connectivity index (χ1v) is 9.43. The molecule has 0 saturated heterocycles. The summed E-state index contributed by atoms with van der Waals surface area (Å²) in [6.07, 6.45) is 0. The Morgan fingerprint density at radius 2 is 1.89 bits per heavy atom. The van der Waals surface area contributed by atoms with Crippen LogP contribution < -0.4 is 5.01 Å². The molecule has 7 nitrogen and oxygen atoms in total. The van der Waals surface area contributed by atoms with E-state index in [9.17, 15) is 9.90 Å². The van der Waals surface area contributed by atoms with E-state index in [-0.39, 0.29) is 6.54 Å². The number of carboxylic acids is 1. The average Bonchev–Trinajstić information content (AvgIpc) is 3.08. The molecule has 1 aromatic carbocycles. The van der Waals surface area contributed by atoms with E-state index in [1.54, 1.807) is 23.5 Å². The molecule has 0 bridgehead atoms. The van der Waals surface area contributed by atoms with Crippen LogP contribution in [0.1, 0.15) is 27.4 Å². The maximum atomic E-state index is 11.4. The van der Waals surface area contributed by atoms with Gasteiger partial charge >= 0.3 is 5.97 Å². The highest BCUT2D eigenvalue weighted by Gasteiger charge is 2.30. The molecule has 0 radical (unpaired) electrons. The van der Waals surface area contributed by atoms with Crippen molar-refractivity contribution in [2.75, 3.05) is 11.6 Å². The van der Waals surface area contributed by atoms with Gasteiger partial charge in [0, 0.05) is 21.0 Å². The van der Waals surface area contributed by atoms with Crippen LogP contribution in [0.4, 0.5) is 5.95 Å². The van der Waals surface area contributed by atoms with E-state index in [4.69, 9.17) is 16.7 Å². The zero-order valence-electron chi connectivity index (χ0n) is 14.9. The number of thiophene rings is 1. The van der Waals surface area contributed by atoms with E-state index in [1.807, 2.05) is 30.5 Å². The lowest BCUT2D eigenvalue weighted by Gasteiger charge is -2.15. The molecule has 0 atom stereocenters. The number of anilines is 1. The van der Waals surface area contributed by atoms with Crippen molar-refractivity contribution >= 4 is 40.6 Å². The second kappa shape index (κ2) is 6.47. The zero-order valence-corrected chi connectivity index (χ0v) is 16.5. The Labute approximate surface area is 164 Å². The Morgan fingerprint density at radius 1 is 1.19 bits per heavy atom. The van der Waals surface area contributed by atoms with Crippen LogP contribution in [0.15, 0.2) is 29.4 Å². The van der Waals surface area contributed by atoms with Crippen molar-refractivity contribution in [3.63, 3.8) is 0 Å². The van der Waals surface area contributed by atoms with Gasteiger partial charge < -0.3 is 5.11 Å². The van der Waals surface area contributed by atoms with Gasteiger partial charge in [-0.2, -0.15) is 5.10 Å². The molecule has 1 N–H and O–H groups in total. The molecule has 0 unspecified atom stereocenters. The number of fused-ring (bicyclic) bond motifs is 3. The molecule has 138 valence electrons. The van der Waals surface area contributed by atoms with Gasteiger partial charge in [0.1, 0.15) is 23.1 Å². The summed E-state index contributed by atoms with van der Waals surface area (Å²) in [5.74, 6) is 0.0661. The second-order valence-corrected chi connectivity index (χ2v) is 7.89. The molecule has 0 saturated carbocycles. The number of aryl methyl sites for hydroxylation is 2. The summed E-state index contributed by atoms with van der Waals surface area (Å²) in [7, 11) is 0. The maximum absolute atomic E-state index is 11.4. The predicted octanol–water partition coefficient (Wildman–Crippen LogP) is 3.56. The van der Waals surface area contributed by atoms with Crippen LogP contribution >= 0.6 is 22.9 Å². The smallest absolute Gasteiger partial charge is 0.325 e. The molecule has 0 amide bonds. The van der Waals surface area contributed by atoms with Gasteiger partial charge in [0.2, 0.25) is 0 Å². The molecule has 0 fully saturated rings. The first kappa shape index (κ1) is 17.7. The minimum atomic E-state index is -1.00. The Balaban J connectivity index is 2.04. The van der Waals surface area contributed by atoms with Crippen LogP contribution in [0.3, 0.4) is 0 Å². The Morgan fingerprint density at radius 3 is 2.56 bits per heavy atom. The van der Waals surface area contributed by atoms with E-state index in [1.165, 1.54) is 5.01 Å². The van der Waals surface area contributed by atoms with Gasteiger partial charge in [0.25, 0.3) is 5.95 Å². The van der Waals surface area contributed by atoms with Gasteiger partial charge in [-0.05, 0) is 38.5 Å². The average molecular weight is 402 g/mol. The summed E-state index contributed by atoms with van der Waals surface area (Å²) >= 11 is 7.66. The number of rotatable bonds is 3. The van der Waals surface area contributed by atoms with Gasteiger partial charge in [-0.1, -0.05) is 23.7 Å². The summed E-state index contributed by atoms with van der Waals surface area (Å²) in [5, 5.41) is 25.3. The fraction of sp³-hybridized carbons (Fsp3) is 0.222. The largest absolute Gasteiger partial charge is 0.480 e.